The molecular weight excluding hydrogens is 302 g/mol. The number of hydrogen-bond donors (Lipinski definition) is 1. The summed E-state index contributed by atoms with van der Waals surface area (Å²) in [6.07, 6.45) is 3.12. The average molecular weight is 313 g/mol. The number of fused-ring (bicyclic) bond motifs is 1. The highest BCUT2D eigenvalue weighted by atomic mass is 32.1. The standard InChI is InChI=1S/C15H11N3O3S/c16-5-11(4-12-7-17-8-22-12)15(19)18-6-10-1-2-13-14(3-10)21-9-20-13/h1-4,7-8H,6,9H2,(H,18,19)/b11-4+. The third-order valence-electron chi connectivity index (χ3n) is 2.99. The number of hydrogen-bond acceptors (Lipinski definition) is 6. The van der Waals surface area contributed by atoms with E-state index in [0.717, 1.165) is 10.4 Å². The Bertz CT molecular complexity index is 763. The molecule has 0 atom stereocenters. The molecule has 6 nitrogen and oxygen atoms in total. The fourth-order valence-electron chi connectivity index (χ4n) is 1.92. The smallest absolute Gasteiger partial charge is 0.262 e. The third kappa shape index (κ3) is 3.07. The van der Waals surface area contributed by atoms with Crippen LogP contribution in [0.25, 0.3) is 6.08 Å². The number of carbonyl (C=O) groups is 1. The van der Waals surface area contributed by atoms with E-state index in [2.05, 4.69) is 10.3 Å². The molecule has 1 N–H and O–H groups in total. The quantitative estimate of drug-likeness (QED) is 0.690. The molecule has 1 aromatic heterocycles. The predicted octanol–water partition coefficient (Wildman–Crippen LogP) is 2.10. The van der Waals surface area contributed by atoms with Gasteiger partial charge in [0.1, 0.15) is 11.6 Å². The summed E-state index contributed by atoms with van der Waals surface area (Å²) in [6.45, 7) is 0.512. The number of carbonyl (C=O) groups excluding carboxylic acids is 1. The van der Waals surface area contributed by atoms with Crippen LogP contribution in [0.4, 0.5) is 0 Å². The SMILES string of the molecule is N#C/C(=C\c1cncs1)C(=O)NCc1ccc2c(c1)OCO2. The Morgan fingerprint density at radius 1 is 1.45 bits per heavy atom. The van der Waals surface area contributed by atoms with Gasteiger partial charge in [-0.05, 0) is 23.8 Å². The van der Waals surface area contributed by atoms with Crippen LogP contribution >= 0.6 is 11.3 Å². The van der Waals surface area contributed by atoms with Gasteiger partial charge in [-0.25, -0.2) is 0 Å². The molecule has 1 aliphatic rings. The van der Waals surface area contributed by atoms with Crippen LogP contribution in [-0.2, 0) is 11.3 Å². The fourth-order valence-corrected chi connectivity index (χ4v) is 2.47. The number of ether oxygens (including phenoxy) is 2. The van der Waals surface area contributed by atoms with Crippen molar-refractivity contribution < 1.29 is 14.3 Å². The van der Waals surface area contributed by atoms with Gasteiger partial charge in [-0.3, -0.25) is 9.78 Å². The summed E-state index contributed by atoms with van der Waals surface area (Å²) in [6, 6.07) is 7.34. The number of nitriles is 1. The maximum Gasteiger partial charge on any atom is 0.262 e. The van der Waals surface area contributed by atoms with E-state index in [-0.39, 0.29) is 12.4 Å². The lowest BCUT2D eigenvalue weighted by Crippen LogP contribution is -2.23. The van der Waals surface area contributed by atoms with Gasteiger partial charge in [-0.1, -0.05) is 6.07 Å². The molecule has 3 rings (SSSR count). The Balaban J connectivity index is 1.65. The van der Waals surface area contributed by atoms with Crippen molar-refractivity contribution in [2.45, 2.75) is 6.54 Å². The van der Waals surface area contributed by atoms with Crippen LogP contribution in [0.15, 0.2) is 35.5 Å². The molecule has 0 spiro atoms. The Labute approximate surface area is 130 Å². The summed E-state index contributed by atoms with van der Waals surface area (Å²) < 4.78 is 10.5. The average Bonchev–Trinajstić information content (AvgIpc) is 3.20. The lowest BCUT2D eigenvalue weighted by atomic mass is 10.2. The van der Waals surface area contributed by atoms with Crippen LogP contribution < -0.4 is 14.8 Å². The molecule has 0 unspecified atom stereocenters. The molecule has 0 saturated heterocycles. The summed E-state index contributed by atoms with van der Waals surface area (Å²) in [5, 5.41) is 11.8. The monoisotopic (exact) mass is 313 g/mol. The second kappa shape index (κ2) is 6.28. The molecule has 110 valence electrons. The number of thiazole rings is 1. The van der Waals surface area contributed by atoms with Gasteiger partial charge in [0.15, 0.2) is 11.5 Å². The lowest BCUT2D eigenvalue weighted by molar-refractivity contribution is -0.117. The lowest BCUT2D eigenvalue weighted by Gasteiger charge is -2.05. The molecule has 1 amide bonds. The van der Waals surface area contributed by atoms with Crippen molar-refractivity contribution in [3.8, 4) is 17.6 Å². The van der Waals surface area contributed by atoms with Gasteiger partial charge in [0, 0.05) is 17.6 Å². The van der Waals surface area contributed by atoms with Gasteiger partial charge in [0.25, 0.3) is 5.91 Å². The topological polar surface area (TPSA) is 84.2 Å². The molecule has 1 aliphatic heterocycles. The van der Waals surface area contributed by atoms with E-state index in [1.54, 1.807) is 17.8 Å². The first-order valence-electron chi connectivity index (χ1n) is 6.43. The normalized spacial score (nSPS) is 12.8. The van der Waals surface area contributed by atoms with Crippen molar-refractivity contribution in [3.05, 3.63) is 45.9 Å². The first kappa shape index (κ1) is 14.1. The van der Waals surface area contributed by atoms with Crippen molar-refractivity contribution >= 4 is 23.3 Å². The molecule has 2 aromatic rings. The Kier molecular flexibility index (Phi) is 4.03. The van der Waals surface area contributed by atoms with Crippen molar-refractivity contribution in [1.82, 2.24) is 10.3 Å². The fraction of sp³-hybridized carbons (Fsp3) is 0.133. The van der Waals surface area contributed by atoms with E-state index in [0.29, 0.717) is 18.0 Å². The van der Waals surface area contributed by atoms with Gasteiger partial charge >= 0.3 is 0 Å². The zero-order valence-electron chi connectivity index (χ0n) is 11.4. The van der Waals surface area contributed by atoms with E-state index < -0.39 is 5.91 Å². The summed E-state index contributed by atoms with van der Waals surface area (Å²) in [4.78, 5) is 16.7. The Morgan fingerprint density at radius 3 is 3.09 bits per heavy atom. The Morgan fingerprint density at radius 2 is 2.32 bits per heavy atom. The Hall–Kier alpha value is -2.85. The van der Waals surface area contributed by atoms with E-state index in [1.165, 1.54) is 17.4 Å². The van der Waals surface area contributed by atoms with Crippen LogP contribution in [-0.4, -0.2) is 17.7 Å². The van der Waals surface area contributed by atoms with Crippen LogP contribution in [0.1, 0.15) is 10.4 Å². The minimum Gasteiger partial charge on any atom is -0.454 e. The maximum absolute atomic E-state index is 12.0. The number of benzene rings is 1. The molecule has 0 saturated carbocycles. The highest BCUT2D eigenvalue weighted by Gasteiger charge is 2.14. The van der Waals surface area contributed by atoms with Crippen LogP contribution in [0.2, 0.25) is 0 Å². The van der Waals surface area contributed by atoms with Crippen LogP contribution in [0.3, 0.4) is 0 Å². The number of amides is 1. The minimum absolute atomic E-state index is 0.0463. The highest BCUT2D eigenvalue weighted by Crippen LogP contribution is 2.32. The molecule has 7 heteroatoms. The van der Waals surface area contributed by atoms with Gasteiger partial charge in [0.2, 0.25) is 6.79 Å². The molecule has 22 heavy (non-hydrogen) atoms. The third-order valence-corrected chi connectivity index (χ3v) is 3.72. The van der Waals surface area contributed by atoms with Crippen molar-refractivity contribution in [1.29, 1.82) is 5.26 Å². The molecule has 0 aliphatic carbocycles. The number of nitrogens with one attached hydrogen (secondary N) is 1. The second-order valence-electron chi connectivity index (χ2n) is 4.44. The van der Waals surface area contributed by atoms with Gasteiger partial charge in [-0.2, -0.15) is 5.26 Å². The maximum atomic E-state index is 12.0. The summed E-state index contributed by atoms with van der Waals surface area (Å²) in [5.74, 6) is 0.930. The van der Waals surface area contributed by atoms with Crippen molar-refractivity contribution in [2.75, 3.05) is 6.79 Å². The second-order valence-corrected chi connectivity index (χ2v) is 5.36. The predicted molar refractivity (Wildman–Crippen MR) is 80.1 cm³/mol. The van der Waals surface area contributed by atoms with E-state index in [4.69, 9.17) is 14.7 Å². The molecule has 0 bridgehead atoms. The van der Waals surface area contributed by atoms with E-state index >= 15 is 0 Å². The largest absolute Gasteiger partial charge is 0.454 e. The first-order valence-corrected chi connectivity index (χ1v) is 7.31. The number of rotatable bonds is 4. The zero-order chi connectivity index (χ0) is 15.4. The van der Waals surface area contributed by atoms with E-state index in [1.807, 2.05) is 18.2 Å². The van der Waals surface area contributed by atoms with Gasteiger partial charge in [0.05, 0.1) is 5.51 Å². The summed E-state index contributed by atoms with van der Waals surface area (Å²) >= 11 is 1.36. The van der Waals surface area contributed by atoms with Gasteiger partial charge < -0.3 is 14.8 Å². The molecular formula is C15H11N3O3S. The van der Waals surface area contributed by atoms with Crippen LogP contribution in [0, 0.1) is 11.3 Å². The number of aromatic nitrogens is 1. The molecule has 0 radical (unpaired) electrons. The highest BCUT2D eigenvalue weighted by molar-refractivity contribution is 7.10. The van der Waals surface area contributed by atoms with E-state index in [9.17, 15) is 4.79 Å². The number of nitrogens with zero attached hydrogens (tertiary/aromatic N) is 2. The minimum atomic E-state index is -0.423. The van der Waals surface area contributed by atoms with Crippen LogP contribution in [0.5, 0.6) is 11.5 Å². The summed E-state index contributed by atoms with van der Waals surface area (Å²) in [7, 11) is 0. The first-order chi connectivity index (χ1) is 10.8. The van der Waals surface area contributed by atoms with Crippen molar-refractivity contribution in [2.24, 2.45) is 0 Å². The summed E-state index contributed by atoms with van der Waals surface area (Å²) in [5.41, 5.74) is 2.56. The molecule has 1 aromatic carbocycles. The zero-order valence-corrected chi connectivity index (χ0v) is 12.2. The molecule has 2 heterocycles. The molecule has 0 fully saturated rings. The van der Waals surface area contributed by atoms with Crippen molar-refractivity contribution in [3.63, 3.8) is 0 Å². The van der Waals surface area contributed by atoms with Gasteiger partial charge in [-0.15, -0.1) is 11.3 Å².